The summed E-state index contributed by atoms with van der Waals surface area (Å²) in [7, 11) is 1.57. The van der Waals surface area contributed by atoms with Crippen LogP contribution in [0.15, 0.2) is 48.5 Å². The molecule has 0 radical (unpaired) electrons. The monoisotopic (exact) mass is 329 g/mol. The van der Waals surface area contributed by atoms with Gasteiger partial charge in [0.2, 0.25) is 5.91 Å². The van der Waals surface area contributed by atoms with Crippen LogP contribution in [-0.4, -0.2) is 35.7 Å². The molecule has 2 aromatic carbocycles. The number of halogens is 1. The highest BCUT2D eigenvalue weighted by Crippen LogP contribution is 2.33. The van der Waals surface area contributed by atoms with Crippen LogP contribution in [0.25, 0.3) is 0 Å². The number of aliphatic hydroxyl groups is 1. The minimum absolute atomic E-state index is 0.106. The number of likely N-dealkylation sites (tertiary alicyclic amines) is 1. The number of ether oxygens (including phenoxy) is 1. The third-order valence-electron chi connectivity index (χ3n) is 4.37. The smallest absolute Gasteiger partial charge is 0.227 e. The van der Waals surface area contributed by atoms with Gasteiger partial charge in [0.25, 0.3) is 0 Å². The first-order chi connectivity index (χ1) is 11.6. The molecule has 1 saturated heterocycles. The largest absolute Gasteiger partial charge is 0.496 e. The maximum absolute atomic E-state index is 13.5. The van der Waals surface area contributed by atoms with E-state index in [0.29, 0.717) is 17.7 Å². The Balaban J connectivity index is 1.82. The van der Waals surface area contributed by atoms with Gasteiger partial charge in [-0.05, 0) is 30.2 Å². The van der Waals surface area contributed by atoms with E-state index < -0.39 is 6.10 Å². The summed E-state index contributed by atoms with van der Waals surface area (Å²) >= 11 is 0. The summed E-state index contributed by atoms with van der Waals surface area (Å²) in [4.78, 5) is 14.4. The average molecular weight is 329 g/mol. The van der Waals surface area contributed by atoms with E-state index in [1.807, 2.05) is 24.3 Å². The number of hydrogen-bond donors (Lipinski definition) is 1. The summed E-state index contributed by atoms with van der Waals surface area (Å²) in [5.41, 5.74) is 1.50. The molecule has 24 heavy (non-hydrogen) atoms. The van der Waals surface area contributed by atoms with E-state index in [1.54, 1.807) is 24.1 Å². The minimum atomic E-state index is -0.597. The Morgan fingerprint density at radius 1 is 1.29 bits per heavy atom. The molecular weight excluding hydrogens is 309 g/mol. The standard InChI is InChI=1S/C19H20FNO3/c1-24-18-8-3-2-5-14(18)10-19(23)21-12-16(22)11-17(21)13-6-4-7-15(20)9-13/h2-9,16-17,22H,10-12H2,1H3/t16-,17-/m1/s1. The molecule has 0 aromatic heterocycles. The van der Waals surface area contributed by atoms with Gasteiger partial charge in [-0.25, -0.2) is 4.39 Å². The maximum atomic E-state index is 13.5. The fraction of sp³-hybridized carbons (Fsp3) is 0.316. The number of benzene rings is 2. The van der Waals surface area contributed by atoms with E-state index in [0.717, 1.165) is 5.56 Å². The molecule has 0 aliphatic carbocycles. The zero-order chi connectivity index (χ0) is 17.1. The Kier molecular flexibility index (Phi) is 4.81. The van der Waals surface area contributed by atoms with Crippen LogP contribution in [-0.2, 0) is 11.2 Å². The van der Waals surface area contributed by atoms with Gasteiger partial charge in [-0.3, -0.25) is 4.79 Å². The molecule has 1 N–H and O–H groups in total. The summed E-state index contributed by atoms with van der Waals surface area (Å²) in [5.74, 6) is 0.212. The van der Waals surface area contributed by atoms with E-state index in [9.17, 15) is 14.3 Å². The van der Waals surface area contributed by atoms with Crippen molar-refractivity contribution in [3.63, 3.8) is 0 Å². The van der Waals surface area contributed by atoms with Crippen molar-refractivity contribution >= 4 is 5.91 Å². The molecule has 1 aliphatic heterocycles. The minimum Gasteiger partial charge on any atom is -0.496 e. The average Bonchev–Trinajstić information content (AvgIpc) is 2.97. The molecule has 1 heterocycles. The van der Waals surface area contributed by atoms with Crippen molar-refractivity contribution in [2.45, 2.75) is 25.0 Å². The Morgan fingerprint density at radius 3 is 2.83 bits per heavy atom. The molecule has 3 rings (SSSR count). The fourth-order valence-corrected chi connectivity index (χ4v) is 3.23. The van der Waals surface area contributed by atoms with Crippen LogP contribution in [0, 0.1) is 5.82 Å². The summed E-state index contributed by atoms with van der Waals surface area (Å²) < 4.78 is 18.8. The van der Waals surface area contributed by atoms with Gasteiger partial charge >= 0.3 is 0 Å². The van der Waals surface area contributed by atoms with Gasteiger partial charge in [0.05, 0.1) is 25.7 Å². The molecule has 0 unspecified atom stereocenters. The fourth-order valence-electron chi connectivity index (χ4n) is 3.23. The van der Waals surface area contributed by atoms with E-state index >= 15 is 0 Å². The van der Waals surface area contributed by atoms with E-state index in [1.165, 1.54) is 12.1 Å². The summed E-state index contributed by atoms with van der Waals surface area (Å²) in [6, 6.07) is 13.3. The van der Waals surface area contributed by atoms with Crippen LogP contribution in [0.4, 0.5) is 4.39 Å². The summed E-state index contributed by atoms with van der Waals surface area (Å²) in [5, 5.41) is 10.0. The van der Waals surface area contributed by atoms with Crippen LogP contribution in [0.5, 0.6) is 5.75 Å². The molecule has 2 atom stereocenters. The van der Waals surface area contributed by atoms with Crippen molar-refractivity contribution in [1.29, 1.82) is 0 Å². The number of hydrogen-bond acceptors (Lipinski definition) is 3. The first kappa shape index (κ1) is 16.5. The van der Waals surface area contributed by atoms with Crippen molar-refractivity contribution < 1.29 is 19.0 Å². The lowest BCUT2D eigenvalue weighted by molar-refractivity contribution is -0.131. The topological polar surface area (TPSA) is 49.8 Å². The van der Waals surface area contributed by atoms with Gasteiger partial charge in [0, 0.05) is 12.1 Å². The highest BCUT2D eigenvalue weighted by Gasteiger charge is 2.35. The second-order valence-electron chi connectivity index (χ2n) is 6.00. The van der Waals surface area contributed by atoms with Crippen molar-refractivity contribution in [2.75, 3.05) is 13.7 Å². The van der Waals surface area contributed by atoms with Gasteiger partial charge in [0.1, 0.15) is 11.6 Å². The predicted molar refractivity (Wildman–Crippen MR) is 88.2 cm³/mol. The highest BCUT2D eigenvalue weighted by atomic mass is 19.1. The van der Waals surface area contributed by atoms with Gasteiger partial charge in [0.15, 0.2) is 0 Å². The predicted octanol–water partition coefficient (Wildman–Crippen LogP) is 2.71. The summed E-state index contributed by atoms with van der Waals surface area (Å²) in [6.07, 6.45) is 0.00353. The normalized spacial score (nSPS) is 20.2. The molecule has 1 aliphatic rings. The number of para-hydroxylation sites is 1. The number of nitrogens with zero attached hydrogens (tertiary/aromatic N) is 1. The zero-order valence-corrected chi connectivity index (χ0v) is 13.5. The molecule has 0 spiro atoms. The number of amides is 1. The Bertz CT molecular complexity index is 734. The van der Waals surface area contributed by atoms with Crippen molar-refractivity contribution in [1.82, 2.24) is 4.90 Å². The summed E-state index contributed by atoms with van der Waals surface area (Å²) in [6.45, 7) is 0.259. The lowest BCUT2D eigenvalue weighted by Gasteiger charge is -2.25. The lowest BCUT2D eigenvalue weighted by Crippen LogP contribution is -2.33. The number of β-amino-alcohol motifs (C(OH)–C–C–N with tert-alkyl or cyclic N) is 1. The first-order valence-electron chi connectivity index (χ1n) is 7.93. The number of carbonyl (C=O) groups excluding carboxylic acids is 1. The van der Waals surface area contributed by atoms with Gasteiger partial charge < -0.3 is 14.7 Å². The lowest BCUT2D eigenvalue weighted by atomic mass is 10.0. The van der Waals surface area contributed by atoms with Gasteiger partial charge in [-0.2, -0.15) is 0 Å². The van der Waals surface area contributed by atoms with Crippen molar-refractivity contribution in [3.05, 3.63) is 65.5 Å². The van der Waals surface area contributed by atoms with Crippen LogP contribution in [0.1, 0.15) is 23.6 Å². The molecule has 1 fully saturated rings. The molecule has 4 nitrogen and oxygen atoms in total. The van der Waals surface area contributed by atoms with Crippen LogP contribution >= 0.6 is 0 Å². The molecule has 2 aromatic rings. The van der Waals surface area contributed by atoms with Crippen LogP contribution in [0.2, 0.25) is 0 Å². The van der Waals surface area contributed by atoms with Crippen molar-refractivity contribution in [3.8, 4) is 5.75 Å². The molecular formula is C19H20FNO3. The second-order valence-corrected chi connectivity index (χ2v) is 6.00. The molecule has 5 heteroatoms. The van der Waals surface area contributed by atoms with Gasteiger partial charge in [-0.1, -0.05) is 30.3 Å². The van der Waals surface area contributed by atoms with Crippen LogP contribution in [0.3, 0.4) is 0 Å². The van der Waals surface area contributed by atoms with Crippen molar-refractivity contribution in [2.24, 2.45) is 0 Å². The maximum Gasteiger partial charge on any atom is 0.227 e. The molecule has 0 saturated carbocycles. The Labute approximate surface area is 140 Å². The zero-order valence-electron chi connectivity index (χ0n) is 13.5. The quantitative estimate of drug-likeness (QED) is 0.938. The second kappa shape index (κ2) is 7.01. The Morgan fingerprint density at radius 2 is 2.08 bits per heavy atom. The van der Waals surface area contributed by atoms with E-state index in [4.69, 9.17) is 4.74 Å². The third kappa shape index (κ3) is 3.41. The van der Waals surface area contributed by atoms with E-state index in [-0.39, 0.29) is 30.7 Å². The Hall–Kier alpha value is -2.40. The van der Waals surface area contributed by atoms with Crippen LogP contribution < -0.4 is 4.74 Å². The molecule has 0 bridgehead atoms. The number of methoxy groups -OCH3 is 1. The first-order valence-corrected chi connectivity index (χ1v) is 7.93. The molecule has 126 valence electrons. The molecule has 1 amide bonds. The SMILES string of the molecule is COc1ccccc1CC(=O)N1C[C@H](O)C[C@@H]1c1cccc(F)c1. The highest BCUT2D eigenvalue weighted by molar-refractivity contribution is 5.80. The van der Waals surface area contributed by atoms with E-state index in [2.05, 4.69) is 0 Å². The number of aliphatic hydroxyl groups excluding tert-OH is 1. The number of carbonyl (C=O) groups is 1. The number of rotatable bonds is 4. The van der Waals surface area contributed by atoms with Gasteiger partial charge in [-0.15, -0.1) is 0 Å². The third-order valence-corrected chi connectivity index (χ3v) is 4.37.